The highest BCUT2D eigenvalue weighted by Crippen LogP contribution is 2.36. The zero-order chi connectivity index (χ0) is 27.8. The maximum Gasteiger partial charge on any atom is 0.190 e. The van der Waals surface area contributed by atoms with Gasteiger partial charge >= 0.3 is 0 Å². The van der Waals surface area contributed by atoms with Crippen LogP contribution in [0.2, 0.25) is 0 Å². The van der Waals surface area contributed by atoms with Gasteiger partial charge in [0.25, 0.3) is 0 Å². The Bertz CT molecular complexity index is 796. The summed E-state index contributed by atoms with van der Waals surface area (Å²) in [5, 5.41) is 62.0. The summed E-state index contributed by atoms with van der Waals surface area (Å²) in [5.41, 5.74) is 15.1. The third kappa shape index (κ3) is 6.83. The van der Waals surface area contributed by atoms with Crippen LogP contribution in [0.1, 0.15) is 6.42 Å². The summed E-state index contributed by atoms with van der Waals surface area (Å²) >= 11 is 0. The Hall–Kier alpha value is -0.450. The molecule has 3 aliphatic rings. The summed E-state index contributed by atoms with van der Waals surface area (Å²) in [6.07, 6.45) is -17.2. The van der Waals surface area contributed by atoms with Crippen LogP contribution in [0.4, 0.5) is 0 Å². The number of hydrogen-bond acceptors (Lipinski definition) is 14. The first kappa shape index (κ1) is 31.1. The number of aliphatic hydroxyl groups is 6. The molecule has 0 amide bonds. The van der Waals surface area contributed by atoms with Crippen molar-refractivity contribution in [3.63, 3.8) is 0 Å². The first-order valence-corrected chi connectivity index (χ1v) is 13.3. The molecule has 18 nitrogen and oxygen atoms in total. The van der Waals surface area contributed by atoms with Crippen LogP contribution in [0.3, 0.4) is 0 Å². The van der Waals surface area contributed by atoms with Gasteiger partial charge in [0.1, 0.15) is 79.6 Å². The normalized spacial score (nSPS) is 49.7. The number of phosphoric acid groups is 1. The van der Waals surface area contributed by atoms with E-state index in [1.165, 1.54) is 0 Å². The van der Waals surface area contributed by atoms with Crippen LogP contribution in [-0.4, -0.2) is 136 Å². The molecule has 1 aliphatic carbocycles. The highest BCUT2D eigenvalue weighted by Gasteiger charge is 2.54. The molecule has 0 aromatic carbocycles. The molecular weight excluding hydrogens is 527 g/mol. The van der Waals surface area contributed by atoms with Crippen molar-refractivity contribution >= 4 is 7.82 Å². The molecule has 218 valence electrons. The monoisotopic (exact) mass is 566 g/mol. The summed E-state index contributed by atoms with van der Waals surface area (Å²) in [4.78, 5) is 22.3. The molecule has 0 aromatic rings. The van der Waals surface area contributed by atoms with E-state index in [4.69, 9.17) is 18.9 Å². The minimum Gasteiger partial charge on any atom is -0.790 e. The van der Waals surface area contributed by atoms with E-state index in [1.807, 2.05) is 0 Å². The molecule has 15 atom stereocenters. The number of phosphoric ester groups is 1. The molecule has 2 aliphatic heterocycles. The molecule has 19 heteroatoms. The minimum atomic E-state index is -5.62. The fraction of sp³-hybridized carbons (Fsp3) is 1.00. The van der Waals surface area contributed by atoms with Crippen LogP contribution >= 0.6 is 7.82 Å². The Balaban J connectivity index is 1.76. The Morgan fingerprint density at radius 3 is 1.78 bits per heavy atom. The predicted octanol–water partition coefficient (Wildman–Crippen LogP) is -11.3. The molecule has 0 aromatic heterocycles. The van der Waals surface area contributed by atoms with E-state index < -0.39 is 106 Å². The Morgan fingerprint density at radius 2 is 1.30 bits per heavy atom. The van der Waals surface area contributed by atoms with E-state index >= 15 is 0 Å². The van der Waals surface area contributed by atoms with Gasteiger partial charge in [0.05, 0.1) is 20.9 Å². The van der Waals surface area contributed by atoms with Crippen LogP contribution in [0.5, 0.6) is 0 Å². The van der Waals surface area contributed by atoms with Crippen LogP contribution in [0.25, 0.3) is 0 Å². The number of aliphatic hydroxyl groups excluding tert-OH is 6. The number of quaternary nitrogens is 4. The van der Waals surface area contributed by atoms with Gasteiger partial charge in [0.2, 0.25) is 0 Å². The second-order valence-electron chi connectivity index (χ2n) is 9.65. The molecule has 3 fully saturated rings. The predicted molar refractivity (Wildman–Crippen MR) is 109 cm³/mol. The zero-order valence-electron chi connectivity index (χ0n) is 20.0. The van der Waals surface area contributed by atoms with E-state index in [0.717, 1.165) is 0 Å². The lowest BCUT2D eigenvalue weighted by Crippen LogP contribution is -2.83. The van der Waals surface area contributed by atoms with E-state index in [0.29, 0.717) is 0 Å². The molecule has 0 radical (unpaired) electrons. The molecule has 37 heavy (non-hydrogen) atoms. The number of hydrogen-bond donors (Lipinski definition) is 10. The van der Waals surface area contributed by atoms with Gasteiger partial charge in [-0.25, -0.2) is 0 Å². The van der Waals surface area contributed by atoms with Gasteiger partial charge in [-0.05, 0) is 0 Å². The van der Waals surface area contributed by atoms with Crippen molar-refractivity contribution in [3.8, 4) is 0 Å². The summed E-state index contributed by atoms with van der Waals surface area (Å²) in [5.74, 6) is 0. The minimum absolute atomic E-state index is 0.107. The smallest absolute Gasteiger partial charge is 0.190 e. The van der Waals surface area contributed by atoms with Crippen molar-refractivity contribution < 1.29 is 91.4 Å². The van der Waals surface area contributed by atoms with E-state index in [2.05, 4.69) is 27.5 Å². The number of rotatable bonds is 8. The Labute approximate surface area is 211 Å². The maximum atomic E-state index is 11.2. The molecule has 0 bridgehead atoms. The standard InChI is InChI=1S/C18H37N4O14P/c19-2-6-10(25)16(36-37(29,30)31)13(28)18(32-6)35-15-5(21)1-4(20)14(12(15)27)34-17-11(26)8(22)9(24)7(3-23)33-17/h4-18,23-28H,1-3,19-22H2,(H2,29,30,31)/p+2/t4-,5+,6-,7-,8+,9-,10-,11-,12-,13-,14+,15-,16+,17-,18-/m1/s1. The Morgan fingerprint density at radius 1 is 0.784 bits per heavy atom. The summed E-state index contributed by atoms with van der Waals surface area (Å²) in [7, 11) is -5.62. The van der Waals surface area contributed by atoms with Crippen LogP contribution in [0.15, 0.2) is 0 Å². The van der Waals surface area contributed by atoms with Crippen molar-refractivity contribution in [2.45, 2.75) is 98.2 Å². The molecule has 0 spiro atoms. The van der Waals surface area contributed by atoms with E-state index in [-0.39, 0.29) is 13.0 Å². The summed E-state index contributed by atoms with van der Waals surface area (Å²) < 4.78 is 38.0. The summed E-state index contributed by atoms with van der Waals surface area (Å²) in [6, 6.07) is -2.21. The first-order valence-electron chi connectivity index (χ1n) is 11.8. The van der Waals surface area contributed by atoms with Gasteiger partial charge in [-0.1, -0.05) is 0 Å². The van der Waals surface area contributed by atoms with E-state index in [1.54, 1.807) is 0 Å². The molecule has 1 saturated carbocycles. The van der Waals surface area contributed by atoms with Gasteiger partial charge in [-0.2, -0.15) is 0 Å². The second-order valence-corrected chi connectivity index (χ2v) is 10.8. The Kier molecular flexibility index (Phi) is 10.4. The lowest BCUT2D eigenvalue weighted by molar-refractivity contribution is -0.525. The van der Waals surface area contributed by atoms with Gasteiger partial charge in [-0.15, -0.1) is 0 Å². The van der Waals surface area contributed by atoms with Crippen LogP contribution < -0.4 is 32.7 Å². The maximum absolute atomic E-state index is 11.2. The zero-order valence-corrected chi connectivity index (χ0v) is 20.9. The van der Waals surface area contributed by atoms with Crippen LogP contribution in [0, 0.1) is 0 Å². The van der Waals surface area contributed by atoms with Gasteiger partial charge in [0, 0.05) is 0 Å². The van der Waals surface area contributed by atoms with Crippen molar-refractivity contribution in [3.05, 3.63) is 0 Å². The highest BCUT2D eigenvalue weighted by atomic mass is 31.2. The second kappa shape index (κ2) is 12.4. The largest absolute Gasteiger partial charge is 0.790 e. The SMILES string of the molecule is [NH3+]C[C@H]1O[C@H](O[C@H]2[C@H](O)[C@@H](O[C@H]3O[C@H](CO)[C@@H](O)[C@H]([NH3+])[C@H]3O)[C@H]([NH3+])C[C@@H]2[NH3+])[C@H](O)[C@@H](OP(=O)([O-])[O-])[C@@H]1O. The summed E-state index contributed by atoms with van der Waals surface area (Å²) in [6.45, 7) is -0.684. The van der Waals surface area contributed by atoms with Crippen molar-refractivity contribution in [2.75, 3.05) is 13.2 Å². The lowest BCUT2D eigenvalue weighted by Gasteiger charge is -2.47. The lowest BCUT2D eigenvalue weighted by atomic mass is 9.84. The molecule has 2 heterocycles. The molecule has 2 saturated heterocycles. The topological polar surface area (TPSA) is 341 Å². The fourth-order valence-electron chi connectivity index (χ4n) is 4.90. The van der Waals surface area contributed by atoms with Crippen molar-refractivity contribution in [1.29, 1.82) is 0 Å². The fourth-order valence-corrected chi connectivity index (χ4v) is 5.45. The third-order valence-electron chi connectivity index (χ3n) is 6.99. The quantitative estimate of drug-likeness (QED) is 0.122. The number of ether oxygens (including phenoxy) is 4. The average Bonchev–Trinajstić information content (AvgIpc) is 2.82. The van der Waals surface area contributed by atoms with Gasteiger partial charge in [0.15, 0.2) is 18.7 Å². The van der Waals surface area contributed by atoms with Crippen LogP contribution in [-0.2, 0) is 28.0 Å². The highest BCUT2D eigenvalue weighted by molar-refractivity contribution is 7.43. The van der Waals surface area contributed by atoms with Crippen molar-refractivity contribution in [2.24, 2.45) is 0 Å². The van der Waals surface area contributed by atoms with Crippen molar-refractivity contribution in [1.82, 2.24) is 0 Å². The molecule has 3 rings (SSSR count). The average molecular weight is 566 g/mol. The molecule has 0 unspecified atom stereocenters. The molecule has 18 N–H and O–H groups in total. The van der Waals surface area contributed by atoms with Gasteiger partial charge in [-0.3, -0.25) is 0 Å². The first-order chi connectivity index (χ1) is 17.2. The van der Waals surface area contributed by atoms with E-state index in [9.17, 15) is 45.0 Å². The third-order valence-corrected chi connectivity index (χ3v) is 7.50. The van der Waals surface area contributed by atoms with Gasteiger partial charge < -0.3 is 91.4 Å². The molecular formula is C18H39N4O14P+2.